The summed E-state index contributed by atoms with van der Waals surface area (Å²) in [5, 5.41) is 32.2. The average Bonchev–Trinajstić information content (AvgIpc) is 1.76. The van der Waals surface area contributed by atoms with E-state index in [0.29, 0.717) is 0 Å². The summed E-state index contributed by atoms with van der Waals surface area (Å²) < 4.78 is 0. The van der Waals surface area contributed by atoms with Crippen molar-refractivity contribution in [1.29, 1.82) is 0 Å². The Kier molecular flexibility index (Phi) is 47.4. The van der Waals surface area contributed by atoms with Crippen LogP contribution in [0.5, 0.6) is 0 Å². The molecule has 5 heteroatoms. The van der Waals surface area contributed by atoms with Crippen molar-refractivity contribution in [3.05, 3.63) is 0 Å². The summed E-state index contributed by atoms with van der Waals surface area (Å²) in [6.45, 7) is 13.8. The van der Waals surface area contributed by atoms with Gasteiger partial charge in [0.1, 0.15) is 0 Å². The average molecular weight is 330 g/mol. The molecule has 0 aromatic rings. The summed E-state index contributed by atoms with van der Waals surface area (Å²) in [6.07, 6.45) is -0.667. The van der Waals surface area contributed by atoms with E-state index in [9.17, 15) is 0 Å². The molecule has 0 fully saturated rings. The van der Waals surface area contributed by atoms with E-state index in [-0.39, 0.29) is 72.8 Å². The first-order valence-electron chi connectivity index (χ1n) is 5.65. The maximum atomic E-state index is 8.06. The molecule has 0 bridgehead atoms. The maximum absolute atomic E-state index is 8.06. The third kappa shape index (κ3) is 2330. The van der Waals surface area contributed by atoms with E-state index >= 15 is 0 Å². The minimum absolute atomic E-state index is 0. The monoisotopic (exact) mass is 330 g/mol. The third-order valence-corrected chi connectivity index (χ3v) is 0. The van der Waals surface area contributed by atoms with Crippen LogP contribution in [0.2, 0.25) is 0 Å². The van der Waals surface area contributed by atoms with Crippen LogP contribution < -0.4 is 0 Å². The zero-order valence-corrected chi connectivity index (χ0v) is 16.3. The van der Waals surface area contributed by atoms with Gasteiger partial charge in [0.15, 0.2) is 0 Å². The van der Waals surface area contributed by atoms with Crippen LogP contribution in [-0.4, -0.2) is 90.3 Å². The number of aliphatic hydroxyl groups is 4. The fourth-order valence-corrected chi connectivity index (χ4v) is 0. The van der Waals surface area contributed by atoms with Gasteiger partial charge in [0.25, 0.3) is 0 Å². The summed E-state index contributed by atoms with van der Waals surface area (Å²) in [4.78, 5) is 0. The van der Waals surface area contributed by atoms with Gasteiger partial charge in [-0.2, -0.15) is 0 Å². The molecule has 0 saturated carbocycles. The Labute approximate surface area is 147 Å². The summed E-state index contributed by atoms with van der Waals surface area (Å²) in [5.74, 6) is 0. The SMILES string of the molecule is CC(C)O.CC(C)O.CC(C)O.CC(C)O.[H-].[H-].[Sr+2]. The molecule has 4 nitrogen and oxygen atoms in total. The molecule has 0 radical (unpaired) electrons. The van der Waals surface area contributed by atoms with Crippen LogP contribution in [0.15, 0.2) is 0 Å². The fraction of sp³-hybridized carbons (Fsp3) is 1.00. The van der Waals surface area contributed by atoms with Gasteiger partial charge in [-0.15, -0.1) is 0 Å². The van der Waals surface area contributed by atoms with Gasteiger partial charge < -0.3 is 23.3 Å². The molecule has 0 spiro atoms. The molecule has 0 aromatic heterocycles. The Bertz CT molecular complexity index is 70.7. The quantitative estimate of drug-likeness (QED) is 0.506. The van der Waals surface area contributed by atoms with Gasteiger partial charge >= 0.3 is 45.5 Å². The van der Waals surface area contributed by atoms with E-state index in [1.807, 2.05) is 0 Å². The van der Waals surface area contributed by atoms with Gasteiger partial charge in [0.2, 0.25) is 0 Å². The predicted octanol–water partition coefficient (Wildman–Crippen LogP) is 1.39. The number of hydrogen-bond acceptors (Lipinski definition) is 4. The second kappa shape index (κ2) is 26.0. The first-order chi connectivity index (χ1) is 6.93. The van der Waals surface area contributed by atoms with Gasteiger partial charge in [-0.25, -0.2) is 0 Å². The predicted molar refractivity (Wildman–Crippen MR) is 77.4 cm³/mol. The zero-order chi connectivity index (χ0) is 14.3. The zero-order valence-electron chi connectivity index (χ0n) is 14.8. The normalized spacial score (nSPS) is 8.47. The topological polar surface area (TPSA) is 80.9 Å². The van der Waals surface area contributed by atoms with Crippen LogP contribution >= 0.6 is 0 Å². The van der Waals surface area contributed by atoms with Crippen LogP contribution in [-0.2, 0) is 0 Å². The van der Waals surface area contributed by atoms with E-state index in [1.165, 1.54) is 0 Å². The molecular weight excluding hydrogens is 296 g/mol. The molecular formula is C12H34O4Sr. The molecule has 4 N–H and O–H groups in total. The second-order valence-corrected chi connectivity index (χ2v) is 4.37. The molecule has 0 atom stereocenters. The number of aliphatic hydroxyl groups excluding tert-OH is 4. The van der Waals surface area contributed by atoms with E-state index < -0.39 is 0 Å². The van der Waals surface area contributed by atoms with Crippen molar-refractivity contribution in [2.45, 2.75) is 79.8 Å². The maximum Gasteiger partial charge on any atom is 2.00 e. The van der Waals surface area contributed by atoms with Crippen molar-refractivity contribution in [2.24, 2.45) is 0 Å². The molecule has 0 unspecified atom stereocenters. The second-order valence-electron chi connectivity index (χ2n) is 4.37. The summed E-state index contributed by atoms with van der Waals surface area (Å²) >= 11 is 0. The van der Waals surface area contributed by atoms with Crippen molar-refractivity contribution < 1.29 is 23.3 Å². The third-order valence-electron chi connectivity index (χ3n) is 0. The van der Waals surface area contributed by atoms with Gasteiger partial charge in [-0.1, -0.05) is 0 Å². The van der Waals surface area contributed by atoms with Crippen molar-refractivity contribution in [3.8, 4) is 0 Å². The molecule has 0 aliphatic heterocycles. The van der Waals surface area contributed by atoms with E-state index in [2.05, 4.69) is 0 Å². The van der Waals surface area contributed by atoms with Crippen LogP contribution in [0.4, 0.5) is 0 Å². The Balaban J connectivity index is -0.0000000192. The van der Waals surface area contributed by atoms with Crippen molar-refractivity contribution in [3.63, 3.8) is 0 Å². The van der Waals surface area contributed by atoms with E-state index in [4.69, 9.17) is 20.4 Å². The van der Waals surface area contributed by atoms with Crippen LogP contribution in [0.25, 0.3) is 0 Å². The number of rotatable bonds is 0. The summed E-state index contributed by atoms with van der Waals surface area (Å²) in [5.41, 5.74) is 0. The van der Waals surface area contributed by atoms with Gasteiger partial charge in [-0.3, -0.25) is 0 Å². The fourth-order valence-electron chi connectivity index (χ4n) is 0. The van der Waals surface area contributed by atoms with Crippen molar-refractivity contribution in [1.82, 2.24) is 0 Å². The molecule has 0 rings (SSSR count). The minimum atomic E-state index is -0.167. The molecule has 0 aliphatic carbocycles. The Morgan fingerprint density at radius 1 is 0.471 bits per heavy atom. The smallest absolute Gasteiger partial charge is 1.00 e. The minimum Gasteiger partial charge on any atom is -1.00 e. The molecule has 108 valence electrons. The Morgan fingerprint density at radius 2 is 0.471 bits per heavy atom. The van der Waals surface area contributed by atoms with E-state index in [1.54, 1.807) is 55.4 Å². The van der Waals surface area contributed by atoms with Crippen LogP contribution in [0.1, 0.15) is 58.2 Å². The molecule has 0 saturated heterocycles. The molecule has 0 aliphatic rings. The van der Waals surface area contributed by atoms with Gasteiger partial charge in [0, 0.05) is 24.4 Å². The molecule has 0 amide bonds. The van der Waals surface area contributed by atoms with E-state index in [0.717, 1.165) is 0 Å². The molecule has 0 aromatic carbocycles. The largest absolute Gasteiger partial charge is 2.00 e. The van der Waals surface area contributed by atoms with Crippen molar-refractivity contribution >= 4 is 45.5 Å². The van der Waals surface area contributed by atoms with Crippen LogP contribution in [0.3, 0.4) is 0 Å². The molecule has 0 heterocycles. The Morgan fingerprint density at radius 3 is 0.471 bits per heavy atom. The summed E-state index contributed by atoms with van der Waals surface area (Å²) in [7, 11) is 0. The summed E-state index contributed by atoms with van der Waals surface area (Å²) in [6, 6.07) is 0. The Hall–Kier alpha value is 1.32. The van der Waals surface area contributed by atoms with Gasteiger partial charge in [-0.05, 0) is 55.4 Å². The molecule has 17 heavy (non-hydrogen) atoms. The van der Waals surface area contributed by atoms with Crippen molar-refractivity contribution in [2.75, 3.05) is 0 Å². The van der Waals surface area contributed by atoms with Crippen LogP contribution in [0, 0.1) is 0 Å². The van der Waals surface area contributed by atoms with Gasteiger partial charge in [0.05, 0.1) is 0 Å². The standard InChI is InChI=1S/4C3H8O.Sr.2H/c4*1-3(2)4;;;/h4*3-4H,1-2H3;;;/q;;;;+2;2*-1. The first-order valence-corrected chi connectivity index (χ1v) is 5.65. The first kappa shape index (κ1) is 31.0. The number of hydrogen-bond donors (Lipinski definition) is 4.